The fourth-order valence-electron chi connectivity index (χ4n) is 3.67. The van der Waals surface area contributed by atoms with Crippen LogP contribution in [0.5, 0.6) is 0 Å². The number of imidazole rings is 1. The largest absolute Gasteiger partial charge is 0.326 e. The Morgan fingerprint density at radius 2 is 1.84 bits per heavy atom. The van der Waals surface area contributed by atoms with Gasteiger partial charge in [-0.3, -0.25) is 9.47 Å². The molecule has 3 aromatic rings. The number of fused-ring (bicyclic) bond motifs is 1. The number of H-pyrrole nitrogens is 1. The van der Waals surface area contributed by atoms with Crippen LogP contribution in [-0.2, 0) is 6.54 Å². The van der Waals surface area contributed by atoms with Gasteiger partial charge in [-0.25, -0.2) is 4.79 Å². The second-order valence-electron chi connectivity index (χ2n) is 6.56. The van der Waals surface area contributed by atoms with Crippen molar-refractivity contribution in [2.75, 3.05) is 13.1 Å². The maximum absolute atomic E-state index is 12.4. The smallest absolute Gasteiger partial charge is 0.305 e. The zero-order valence-electron chi connectivity index (χ0n) is 13.7. The molecule has 0 amide bonds. The summed E-state index contributed by atoms with van der Waals surface area (Å²) in [5.74, 6) is 0. The van der Waals surface area contributed by atoms with E-state index in [1.807, 2.05) is 34.9 Å². The molecule has 4 nitrogen and oxygen atoms in total. The number of halogens is 2. The Balaban J connectivity index is 1.50. The number of nitrogens with one attached hydrogen (secondary N) is 1. The minimum absolute atomic E-state index is 0.0539. The Hall–Kier alpha value is -1.75. The molecule has 2 aromatic carbocycles. The first-order chi connectivity index (χ1) is 12.1. The summed E-state index contributed by atoms with van der Waals surface area (Å²) in [7, 11) is 0. The van der Waals surface area contributed by atoms with E-state index in [4.69, 9.17) is 23.2 Å². The summed E-state index contributed by atoms with van der Waals surface area (Å²) in [5.41, 5.74) is 2.83. The van der Waals surface area contributed by atoms with Crippen LogP contribution in [0.2, 0.25) is 10.0 Å². The molecule has 130 valence electrons. The Morgan fingerprint density at radius 1 is 1.08 bits per heavy atom. The molecule has 0 atom stereocenters. The predicted molar refractivity (Wildman–Crippen MR) is 103 cm³/mol. The maximum atomic E-state index is 12.4. The van der Waals surface area contributed by atoms with Gasteiger partial charge >= 0.3 is 5.69 Å². The van der Waals surface area contributed by atoms with Crippen molar-refractivity contribution in [2.45, 2.75) is 25.4 Å². The summed E-state index contributed by atoms with van der Waals surface area (Å²) < 4.78 is 1.89. The highest BCUT2D eigenvalue weighted by Crippen LogP contribution is 2.27. The molecule has 1 saturated heterocycles. The summed E-state index contributed by atoms with van der Waals surface area (Å²) in [6.45, 7) is 2.75. The second-order valence-corrected chi connectivity index (χ2v) is 7.40. The van der Waals surface area contributed by atoms with Crippen molar-refractivity contribution in [2.24, 2.45) is 0 Å². The normalized spacial score (nSPS) is 16.6. The minimum atomic E-state index is -0.0539. The second kappa shape index (κ2) is 6.87. The van der Waals surface area contributed by atoms with Crippen molar-refractivity contribution in [1.29, 1.82) is 0 Å². The number of likely N-dealkylation sites (tertiary alicyclic amines) is 1. The van der Waals surface area contributed by atoms with E-state index < -0.39 is 0 Å². The molecule has 1 aromatic heterocycles. The van der Waals surface area contributed by atoms with Crippen molar-refractivity contribution >= 4 is 34.2 Å². The molecule has 2 heterocycles. The van der Waals surface area contributed by atoms with Gasteiger partial charge in [0.25, 0.3) is 0 Å². The fraction of sp³-hybridized carbons (Fsp3) is 0.316. The molecule has 0 bridgehead atoms. The Morgan fingerprint density at radius 3 is 2.60 bits per heavy atom. The lowest BCUT2D eigenvalue weighted by Gasteiger charge is -2.32. The van der Waals surface area contributed by atoms with Crippen LogP contribution in [0.3, 0.4) is 0 Å². The molecule has 6 heteroatoms. The van der Waals surface area contributed by atoms with E-state index in [1.54, 1.807) is 6.07 Å². The Kier molecular flexibility index (Phi) is 4.59. The van der Waals surface area contributed by atoms with Crippen LogP contribution >= 0.6 is 23.2 Å². The zero-order valence-corrected chi connectivity index (χ0v) is 15.2. The lowest BCUT2D eigenvalue weighted by atomic mass is 10.0. The van der Waals surface area contributed by atoms with Gasteiger partial charge in [0.05, 0.1) is 11.0 Å². The van der Waals surface area contributed by atoms with E-state index >= 15 is 0 Å². The molecule has 0 aliphatic carbocycles. The number of piperidine rings is 1. The molecule has 0 saturated carbocycles. The number of hydrogen-bond acceptors (Lipinski definition) is 2. The minimum Gasteiger partial charge on any atom is -0.305 e. The monoisotopic (exact) mass is 375 g/mol. The summed E-state index contributed by atoms with van der Waals surface area (Å²) in [5, 5.41) is 1.45. The number of nitrogens with zero attached hydrogens (tertiary/aromatic N) is 2. The van der Waals surface area contributed by atoms with Crippen molar-refractivity contribution < 1.29 is 0 Å². The molecular formula is C19H19Cl2N3O. The average Bonchev–Trinajstić information content (AvgIpc) is 2.92. The highest BCUT2D eigenvalue weighted by molar-refractivity contribution is 6.31. The third-order valence-electron chi connectivity index (χ3n) is 4.95. The van der Waals surface area contributed by atoms with Crippen molar-refractivity contribution in [3.63, 3.8) is 0 Å². The number of hydrogen-bond donors (Lipinski definition) is 1. The summed E-state index contributed by atoms with van der Waals surface area (Å²) >= 11 is 12.3. The molecule has 1 fully saturated rings. The zero-order chi connectivity index (χ0) is 17.4. The fourth-order valence-corrected chi connectivity index (χ4v) is 4.04. The van der Waals surface area contributed by atoms with Gasteiger partial charge in [-0.15, -0.1) is 0 Å². The van der Waals surface area contributed by atoms with Crippen LogP contribution in [0, 0.1) is 0 Å². The third kappa shape index (κ3) is 3.34. The standard InChI is InChI=1S/C19H19Cl2N3O/c20-14-5-6-18-17(11-14)22-19(25)24(18)15-7-9-23(10-8-15)12-13-3-1-2-4-16(13)21/h1-6,11,15H,7-10,12H2,(H,22,25). The molecular weight excluding hydrogens is 357 g/mol. The quantitative estimate of drug-likeness (QED) is 0.733. The average molecular weight is 376 g/mol. The first-order valence-electron chi connectivity index (χ1n) is 8.47. The van der Waals surface area contributed by atoms with Crippen molar-refractivity contribution in [1.82, 2.24) is 14.5 Å². The molecule has 4 rings (SSSR count). The Bertz CT molecular complexity index is 955. The SMILES string of the molecule is O=c1[nH]c2cc(Cl)ccc2n1C1CCN(Cc2ccccc2Cl)CC1. The van der Waals surface area contributed by atoms with Gasteiger partial charge in [0, 0.05) is 35.7 Å². The first-order valence-corrected chi connectivity index (χ1v) is 9.23. The number of benzene rings is 2. The van der Waals surface area contributed by atoms with E-state index in [0.29, 0.717) is 5.02 Å². The molecule has 0 unspecified atom stereocenters. The summed E-state index contributed by atoms with van der Waals surface area (Å²) in [6.07, 6.45) is 1.89. The van der Waals surface area contributed by atoms with Gasteiger partial charge < -0.3 is 4.98 Å². The molecule has 1 aliphatic rings. The van der Waals surface area contributed by atoms with Gasteiger partial charge in [-0.2, -0.15) is 0 Å². The molecule has 0 radical (unpaired) electrons. The van der Waals surface area contributed by atoms with Crippen molar-refractivity contribution in [3.8, 4) is 0 Å². The van der Waals surface area contributed by atoms with E-state index in [2.05, 4.69) is 16.0 Å². The lowest BCUT2D eigenvalue weighted by Crippen LogP contribution is -2.36. The van der Waals surface area contributed by atoms with Crippen LogP contribution in [0.4, 0.5) is 0 Å². The van der Waals surface area contributed by atoms with Crippen LogP contribution in [0.15, 0.2) is 47.3 Å². The third-order valence-corrected chi connectivity index (χ3v) is 5.56. The summed E-state index contributed by atoms with van der Waals surface area (Å²) in [4.78, 5) is 17.7. The van der Waals surface area contributed by atoms with Gasteiger partial charge in [-0.1, -0.05) is 41.4 Å². The number of aromatic amines is 1. The topological polar surface area (TPSA) is 41.0 Å². The van der Waals surface area contributed by atoms with E-state index in [9.17, 15) is 4.79 Å². The highest BCUT2D eigenvalue weighted by Gasteiger charge is 2.24. The molecule has 0 spiro atoms. The lowest BCUT2D eigenvalue weighted by molar-refractivity contribution is 0.180. The molecule has 1 N–H and O–H groups in total. The first kappa shape index (κ1) is 16.7. The predicted octanol–water partition coefficient (Wildman–Crippen LogP) is 4.47. The van der Waals surface area contributed by atoms with Crippen molar-refractivity contribution in [3.05, 3.63) is 68.6 Å². The van der Waals surface area contributed by atoms with E-state index in [0.717, 1.165) is 54.1 Å². The highest BCUT2D eigenvalue weighted by atomic mass is 35.5. The van der Waals surface area contributed by atoms with E-state index in [1.165, 1.54) is 0 Å². The Labute approximate surface area is 156 Å². The van der Waals surface area contributed by atoms with Crippen LogP contribution in [0.25, 0.3) is 11.0 Å². The number of aromatic nitrogens is 2. The van der Waals surface area contributed by atoms with Gasteiger partial charge in [0.15, 0.2) is 0 Å². The van der Waals surface area contributed by atoms with Gasteiger partial charge in [0.2, 0.25) is 0 Å². The van der Waals surface area contributed by atoms with Crippen LogP contribution in [-0.4, -0.2) is 27.5 Å². The molecule has 25 heavy (non-hydrogen) atoms. The maximum Gasteiger partial charge on any atom is 0.326 e. The molecule has 1 aliphatic heterocycles. The van der Waals surface area contributed by atoms with E-state index in [-0.39, 0.29) is 11.7 Å². The van der Waals surface area contributed by atoms with Gasteiger partial charge in [0.1, 0.15) is 0 Å². The van der Waals surface area contributed by atoms with Gasteiger partial charge in [-0.05, 0) is 42.7 Å². The summed E-state index contributed by atoms with van der Waals surface area (Å²) in [6, 6.07) is 13.7. The number of rotatable bonds is 3. The van der Waals surface area contributed by atoms with Crippen LogP contribution in [0.1, 0.15) is 24.4 Å². The van der Waals surface area contributed by atoms with Crippen LogP contribution < -0.4 is 5.69 Å².